The van der Waals surface area contributed by atoms with Gasteiger partial charge in [-0.25, -0.2) is 0 Å². The van der Waals surface area contributed by atoms with Gasteiger partial charge in [0.15, 0.2) is 0 Å². The third kappa shape index (κ3) is 3.66. The Morgan fingerprint density at radius 3 is 2.94 bits per heavy atom. The lowest BCUT2D eigenvalue weighted by Gasteiger charge is -2.23. The zero-order valence-electron chi connectivity index (χ0n) is 9.55. The van der Waals surface area contributed by atoms with Gasteiger partial charge < -0.3 is 10.6 Å². The standard InChI is InChI=1S/C10H13N3O3S.ClH/c14-10(12-8-2-1-3-11-5-8)7-4-9(13(15)16)17-6-7;/h4,6,8,11H,1-3,5H2,(H,12,14);1H. The maximum absolute atomic E-state index is 11.8. The smallest absolute Gasteiger partial charge is 0.324 e. The average molecular weight is 292 g/mol. The molecule has 2 heterocycles. The monoisotopic (exact) mass is 291 g/mol. The van der Waals surface area contributed by atoms with Crippen molar-refractivity contribution in [1.29, 1.82) is 0 Å². The third-order valence-electron chi connectivity index (χ3n) is 2.66. The van der Waals surface area contributed by atoms with Gasteiger partial charge in [0, 0.05) is 24.0 Å². The quantitative estimate of drug-likeness (QED) is 0.654. The largest absolute Gasteiger partial charge is 0.348 e. The number of carbonyl (C=O) groups excluding carboxylic acids is 1. The number of halogens is 1. The van der Waals surface area contributed by atoms with E-state index in [1.807, 2.05) is 0 Å². The highest BCUT2D eigenvalue weighted by Crippen LogP contribution is 2.22. The normalized spacial score (nSPS) is 18.8. The van der Waals surface area contributed by atoms with E-state index in [1.165, 1.54) is 11.4 Å². The first kappa shape index (κ1) is 14.9. The summed E-state index contributed by atoms with van der Waals surface area (Å²) in [6.45, 7) is 1.74. The number of amides is 1. The molecule has 2 rings (SSSR count). The number of nitro groups is 1. The molecule has 1 aliphatic heterocycles. The van der Waals surface area contributed by atoms with Crippen LogP contribution in [0.2, 0.25) is 0 Å². The lowest BCUT2D eigenvalue weighted by molar-refractivity contribution is -0.380. The van der Waals surface area contributed by atoms with Crippen LogP contribution in [0.25, 0.3) is 0 Å². The summed E-state index contributed by atoms with van der Waals surface area (Å²) in [6, 6.07) is 1.44. The molecule has 1 unspecified atom stereocenters. The molecule has 18 heavy (non-hydrogen) atoms. The van der Waals surface area contributed by atoms with E-state index in [1.54, 1.807) is 0 Å². The highest BCUT2D eigenvalue weighted by Gasteiger charge is 2.19. The van der Waals surface area contributed by atoms with Crippen molar-refractivity contribution in [3.8, 4) is 0 Å². The molecule has 2 N–H and O–H groups in total. The highest BCUT2D eigenvalue weighted by molar-refractivity contribution is 7.13. The summed E-state index contributed by atoms with van der Waals surface area (Å²) >= 11 is 0.972. The zero-order chi connectivity index (χ0) is 12.3. The van der Waals surface area contributed by atoms with Gasteiger partial charge in [0.1, 0.15) is 0 Å². The Labute approximate surface area is 114 Å². The Hall–Kier alpha value is -1.18. The van der Waals surface area contributed by atoms with Crippen molar-refractivity contribution < 1.29 is 9.72 Å². The van der Waals surface area contributed by atoms with E-state index >= 15 is 0 Å². The Balaban J connectivity index is 0.00000162. The van der Waals surface area contributed by atoms with E-state index < -0.39 is 4.92 Å². The van der Waals surface area contributed by atoms with Crippen LogP contribution in [0, 0.1) is 10.1 Å². The van der Waals surface area contributed by atoms with Gasteiger partial charge in [-0.1, -0.05) is 11.3 Å². The summed E-state index contributed by atoms with van der Waals surface area (Å²) in [5, 5.41) is 18.1. The molecule has 6 nitrogen and oxygen atoms in total. The topological polar surface area (TPSA) is 84.3 Å². The minimum absolute atomic E-state index is 0. The minimum atomic E-state index is -0.483. The molecule has 0 saturated carbocycles. The predicted octanol–water partition coefficient (Wildman–Crippen LogP) is 1.56. The SMILES string of the molecule is Cl.O=C(NC1CCCNC1)c1csc([N+](=O)[O-])c1. The van der Waals surface area contributed by atoms with E-state index in [4.69, 9.17) is 0 Å². The molecule has 1 amide bonds. The van der Waals surface area contributed by atoms with Crippen LogP contribution in [0.4, 0.5) is 5.00 Å². The van der Waals surface area contributed by atoms with Crippen LogP contribution in [0.5, 0.6) is 0 Å². The molecule has 1 fully saturated rings. The Morgan fingerprint density at radius 1 is 1.61 bits per heavy atom. The van der Waals surface area contributed by atoms with Crippen LogP contribution in [0.3, 0.4) is 0 Å². The van der Waals surface area contributed by atoms with Gasteiger partial charge in [-0.2, -0.15) is 0 Å². The maximum atomic E-state index is 11.8. The Morgan fingerprint density at radius 2 is 2.39 bits per heavy atom. The fraction of sp³-hybridized carbons (Fsp3) is 0.500. The zero-order valence-corrected chi connectivity index (χ0v) is 11.2. The lowest BCUT2D eigenvalue weighted by Crippen LogP contribution is -2.45. The molecule has 0 aliphatic carbocycles. The van der Waals surface area contributed by atoms with Gasteiger partial charge in [-0.05, 0) is 19.4 Å². The first-order chi connectivity index (χ1) is 8.16. The van der Waals surface area contributed by atoms with Crippen molar-refractivity contribution in [3.63, 3.8) is 0 Å². The fourth-order valence-corrected chi connectivity index (χ4v) is 2.49. The summed E-state index contributed by atoms with van der Waals surface area (Å²) in [4.78, 5) is 21.8. The minimum Gasteiger partial charge on any atom is -0.348 e. The molecular formula is C10H14ClN3O3S. The molecule has 1 aromatic rings. The molecule has 1 atom stereocenters. The van der Waals surface area contributed by atoms with Gasteiger partial charge in [-0.15, -0.1) is 12.4 Å². The molecule has 8 heteroatoms. The van der Waals surface area contributed by atoms with Crippen LogP contribution in [0.1, 0.15) is 23.2 Å². The van der Waals surface area contributed by atoms with Crippen molar-refractivity contribution in [1.82, 2.24) is 10.6 Å². The van der Waals surface area contributed by atoms with E-state index in [0.717, 1.165) is 37.3 Å². The van der Waals surface area contributed by atoms with Gasteiger partial charge in [-0.3, -0.25) is 14.9 Å². The van der Waals surface area contributed by atoms with Crippen LogP contribution < -0.4 is 10.6 Å². The van der Waals surface area contributed by atoms with E-state index in [9.17, 15) is 14.9 Å². The highest BCUT2D eigenvalue weighted by atomic mass is 35.5. The van der Waals surface area contributed by atoms with Crippen molar-refractivity contribution in [2.24, 2.45) is 0 Å². The second-order valence-electron chi connectivity index (χ2n) is 3.95. The number of rotatable bonds is 3. The molecular weight excluding hydrogens is 278 g/mol. The molecule has 1 saturated heterocycles. The third-order valence-corrected chi connectivity index (χ3v) is 3.54. The van der Waals surface area contributed by atoms with Crippen LogP contribution in [-0.2, 0) is 0 Å². The summed E-state index contributed by atoms with van der Waals surface area (Å²) in [7, 11) is 0. The number of nitrogens with zero attached hydrogens (tertiary/aromatic N) is 1. The lowest BCUT2D eigenvalue weighted by atomic mass is 10.1. The average Bonchev–Trinajstić information content (AvgIpc) is 2.79. The molecule has 0 bridgehead atoms. The predicted molar refractivity (Wildman–Crippen MR) is 71.6 cm³/mol. The molecule has 0 spiro atoms. The number of nitrogens with one attached hydrogen (secondary N) is 2. The number of hydrogen-bond donors (Lipinski definition) is 2. The summed E-state index contributed by atoms with van der Waals surface area (Å²) in [6.07, 6.45) is 1.99. The van der Waals surface area contributed by atoms with Gasteiger partial charge in [0.05, 0.1) is 10.5 Å². The van der Waals surface area contributed by atoms with Crippen molar-refractivity contribution in [2.75, 3.05) is 13.1 Å². The van der Waals surface area contributed by atoms with Crippen LogP contribution >= 0.6 is 23.7 Å². The maximum Gasteiger partial charge on any atom is 0.324 e. The first-order valence-corrected chi connectivity index (χ1v) is 6.29. The molecule has 0 radical (unpaired) electrons. The Bertz CT molecular complexity index is 432. The molecule has 0 aromatic carbocycles. The number of carbonyl (C=O) groups is 1. The number of hydrogen-bond acceptors (Lipinski definition) is 5. The fourth-order valence-electron chi connectivity index (χ4n) is 1.78. The van der Waals surface area contributed by atoms with Gasteiger partial charge >= 0.3 is 5.00 Å². The van der Waals surface area contributed by atoms with E-state index in [0.29, 0.717) is 5.56 Å². The second kappa shape index (κ2) is 6.67. The molecule has 1 aromatic heterocycles. The number of piperidine rings is 1. The van der Waals surface area contributed by atoms with E-state index in [2.05, 4.69) is 10.6 Å². The summed E-state index contributed by atoms with van der Waals surface area (Å²) in [5.41, 5.74) is 0.368. The number of thiophene rings is 1. The van der Waals surface area contributed by atoms with Gasteiger partial charge in [0.2, 0.25) is 0 Å². The first-order valence-electron chi connectivity index (χ1n) is 5.41. The summed E-state index contributed by atoms with van der Waals surface area (Å²) in [5.74, 6) is -0.233. The van der Waals surface area contributed by atoms with Crippen molar-refractivity contribution in [3.05, 3.63) is 27.1 Å². The van der Waals surface area contributed by atoms with Crippen LogP contribution in [0.15, 0.2) is 11.4 Å². The molecule has 100 valence electrons. The van der Waals surface area contributed by atoms with Crippen molar-refractivity contribution >= 4 is 34.7 Å². The van der Waals surface area contributed by atoms with Gasteiger partial charge in [0.25, 0.3) is 5.91 Å². The van der Waals surface area contributed by atoms with E-state index in [-0.39, 0.29) is 29.4 Å². The second-order valence-corrected chi connectivity index (χ2v) is 4.84. The van der Waals surface area contributed by atoms with Crippen LogP contribution in [-0.4, -0.2) is 30.0 Å². The summed E-state index contributed by atoms with van der Waals surface area (Å²) < 4.78 is 0. The Kier molecular flexibility index (Phi) is 5.52. The van der Waals surface area contributed by atoms with Crippen molar-refractivity contribution in [2.45, 2.75) is 18.9 Å². The molecule has 1 aliphatic rings.